The number of hydrogen-bond donors (Lipinski definition) is 1. The predicted molar refractivity (Wildman–Crippen MR) is 97.0 cm³/mol. The van der Waals surface area contributed by atoms with E-state index in [-0.39, 0.29) is 5.91 Å². The number of amides is 1. The Morgan fingerprint density at radius 1 is 1.00 bits per heavy atom. The molecule has 0 aliphatic heterocycles. The Bertz CT molecular complexity index is 693. The van der Waals surface area contributed by atoms with Crippen molar-refractivity contribution in [2.45, 2.75) is 39.7 Å². The second kappa shape index (κ2) is 7.86. The lowest BCUT2D eigenvalue weighted by Gasteiger charge is -2.19. The molecule has 0 bridgehead atoms. The fourth-order valence-corrected chi connectivity index (χ4v) is 2.48. The summed E-state index contributed by atoms with van der Waals surface area (Å²) in [5, 5.41) is 3.01. The van der Waals surface area contributed by atoms with Gasteiger partial charge in [-0.15, -0.1) is 0 Å². The molecule has 0 heterocycles. The van der Waals surface area contributed by atoms with E-state index in [0.717, 1.165) is 22.6 Å². The molecule has 0 spiro atoms. The van der Waals surface area contributed by atoms with Gasteiger partial charge in [-0.25, -0.2) is 0 Å². The molecular weight excluding hydrogens is 302 g/mol. The van der Waals surface area contributed by atoms with Crippen molar-refractivity contribution in [3.63, 3.8) is 0 Å². The number of benzene rings is 2. The van der Waals surface area contributed by atoms with Gasteiger partial charge in [-0.05, 0) is 55.2 Å². The number of rotatable bonds is 6. The number of ether oxygens (including phenoxy) is 2. The highest BCUT2D eigenvalue weighted by molar-refractivity contribution is 5.95. The van der Waals surface area contributed by atoms with Crippen LogP contribution in [0.15, 0.2) is 42.5 Å². The zero-order valence-corrected chi connectivity index (χ0v) is 14.9. The number of hydrogen-bond acceptors (Lipinski definition) is 3. The highest BCUT2D eigenvalue weighted by Gasteiger charge is 2.18. The largest absolute Gasteiger partial charge is 0.497 e. The molecule has 0 fully saturated rings. The van der Waals surface area contributed by atoms with Gasteiger partial charge in [0.2, 0.25) is 0 Å². The highest BCUT2D eigenvalue weighted by Crippen LogP contribution is 2.27. The predicted octanol–water partition coefficient (Wildman–Crippen LogP) is 4.53. The van der Waals surface area contributed by atoms with Gasteiger partial charge in [0.05, 0.1) is 7.11 Å². The van der Waals surface area contributed by atoms with Gasteiger partial charge in [-0.2, -0.15) is 0 Å². The molecule has 2 rings (SSSR count). The zero-order valence-electron chi connectivity index (χ0n) is 14.9. The number of para-hydroxylation sites is 1. The lowest BCUT2D eigenvalue weighted by molar-refractivity contribution is -0.122. The van der Waals surface area contributed by atoms with Crippen LogP contribution in [0.25, 0.3) is 0 Å². The van der Waals surface area contributed by atoms with Crippen LogP contribution in [0, 0.1) is 6.92 Å². The average Bonchev–Trinajstić information content (AvgIpc) is 2.57. The Morgan fingerprint density at radius 3 is 2.21 bits per heavy atom. The standard InChI is InChI=1S/C20H25NO3/c1-13(2)18-8-6-7-14(3)19(18)21-20(22)15(4)24-17-11-9-16(23-5)10-12-17/h6-13,15H,1-5H3,(H,21,22)/t15-/m0/s1. The first-order valence-electron chi connectivity index (χ1n) is 8.13. The average molecular weight is 327 g/mol. The maximum absolute atomic E-state index is 12.5. The van der Waals surface area contributed by atoms with Gasteiger partial charge in [-0.1, -0.05) is 32.0 Å². The van der Waals surface area contributed by atoms with E-state index in [2.05, 4.69) is 19.2 Å². The van der Waals surface area contributed by atoms with Gasteiger partial charge in [0.15, 0.2) is 6.10 Å². The summed E-state index contributed by atoms with van der Waals surface area (Å²) >= 11 is 0. The molecule has 4 nitrogen and oxygen atoms in total. The molecule has 24 heavy (non-hydrogen) atoms. The minimum atomic E-state index is -0.599. The molecule has 128 valence electrons. The maximum atomic E-state index is 12.5. The highest BCUT2D eigenvalue weighted by atomic mass is 16.5. The Labute approximate surface area is 143 Å². The van der Waals surface area contributed by atoms with Crippen LogP contribution in [-0.4, -0.2) is 19.1 Å². The van der Waals surface area contributed by atoms with Crippen LogP contribution in [0.2, 0.25) is 0 Å². The van der Waals surface area contributed by atoms with E-state index in [1.807, 2.05) is 25.1 Å². The SMILES string of the molecule is COc1ccc(O[C@@H](C)C(=O)Nc2c(C)cccc2C(C)C)cc1. The van der Waals surface area contributed by atoms with Crippen LogP contribution in [0.5, 0.6) is 11.5 Å². The topological polar surface area (TPSA) is 47.6 Å². The summed E-state index contributed by atoms with van der Waals surface area (Å²) in [6.45, 7) is 7.97. The molecule has 2 aromatic rings. The minimum Gasteiger partial charge on any atom is -0.497 e. The van der Waals surface area contributed by atoms with Crippen molar-refractivity contribution in [3.8, 4) is 11.5 Å². The van der Waals surface area contributed by atoms with Crippen molar-refractivity contribution >= 4 is 11.6 Å². The molecule has 1 atom stereocenters. The van der Waals surface area contributed by atoms with Crippen molar-refractivity contribution in [1.29, 1.82) is 0 Å². The molecule has 2 aromatic carbocycles. The number of nitrogens with one attached hydrogen (secondary N) is 1. The Morgan fingerprint density at radius 2 is 1.62 bits per heavy atom. The van der Waals surface area contributed by atoms with Gasteiger partial charge in [-0.3, -0.25) is 4.79 Å². The molecule has 0 radical (unpaired) electrons. The van der Waals surface area contributed by atoms with Crippen LogP contribution < -0.4 is 14.8 Å². The first kappa shape index (κ1) is 17.9. The molecule has 0 aromatic heterocycles. The first-order valence-corrected chi connectivity index (χ1v) is 8.13. The Balaban J connectivity index is 2.09. The Hall–Kier alpha value is -2.49. The second-order valence-electron chi connectivity index (χ2n) is 6.12. The maximum Gasteiger partial charge on any atom is 0.265 e. The third-order valence-corrected chi connectivity index (χ3v) is 3.92. The van der Waals surface area contributed by atoms with Crippen LogP contribution in [-0.2, 0) is 4.79 Å². The monoisotopic (exact) mass is 327 g/mol. The van der Waals surface area contributed by atoms with Gasteiger partial charge in [0.25, 0.3) is 5.91 Å². The first-order chi connectivity index (χ1) is 11.4. The van der Waals surface area contributed by atoms with Crippen molar-refractivity contribution in [1.82, 2.24) is 0 Å². The van der Waals surface area contributed by atoms with Crippen molar-refractivity contribution < 1.29 is 14.3 Å². The number of carbonyl (C=O) groups is 1. The number of anilines is 1. The number of aryl methyl sites for hydroxylation is 1. The summed E-state index contributed by atoms with van der Waals surface area (Å²) in [6.07, 6.45) is -0.599. The molecule has 0 aliphatic rings. The fourth-order valence-electron chi connectivity index (χ4n) is 2.48. The lowest BCUT2D eigenvalue weighted by atomic mass is 9.98. The smallest absolute Gasteiger partial charge is 0.265 e. The van der Waals surface area contributed by atoms with Gasteiger partial charge in [0.1, 0.15) is 11.5 Å². The van der Waals surface area contributed by atoms with Gasteiger partial charge in [0, 0.05) is 5.69 Å². The molecule has 4 heteroatoms. The summed E-state index contributed by atoms with van der Waals surface area (Å²) in [5.74, 6) is 1.55. The van der Waals surface area contributed by atoms with Crippen LogP contribution in [0.3, 0.4) is 0 Å². The molecule has 1 N–H and O–H groups in total. The summed E-state index contributed by atoms with van der Waals surface area (Å²) in [5.41, 5.74) is 3.05. The molecular formula is C20H25NO3. The van der Waals surface area contributed by atoms with E-state index >= 15 is 0 Å². The summed E-state index contributed by atoms with van der Waals surface area (Å²) < 4.78 is 10.8. The van der Waals surface area contributed by atoms with E-state index in [9.17, 15) is 4.79 Å². The van der Waals surface area contributed by atoms with E-state index in [4.69, 9.17) is 9.47 Å². The zero-order chi connectivity index (χ0) is 17.7. The molecule has 0 unspecified atom stereocenters. The van der Waals surface area contributed by atoms with Crippen LogP contribution in [0.4, 0.5) is 5.69 Å². The minimum absolute atomic E-state index is 0.165. The number of carbonyl (C=O) groups excluding carboxylic acids is 1. The summed E-state index contributed by atoms with van der Waals surface area (Å²) in [4.78, 5) is 12.5. The van der Waals surface area contributed by atoms with Crippen molar-refractivity contribution in [3.05, 3.63) is 53.6 Å². The van der Waals surface area contributed by atoms with E-state index < -0.39 is 6.10 Å². The second-order valence-corrected chi connectivity index (χ2v) is 6.12. The normalized spacial score (nSPS) is 11.9. The van der Waals surface area contributed by atoms with E-state index in [1.54, 1.807) is 38.3 Å². The number of methoxy groups -OCH3 is 1. The molecule has 0 saturated heterocycles. The fraction of sp³-hybridized carbons (Fsp3) is 0.350. The summed E-state index contributed by atoms with van der Waals surface area (Å²) in [7, 11) is 1.61. The molecule has 0 saturated carbocycles. The van der Waals surface area contributed by atoms with E-state index in [0.29, 0.717) is 11.7 Å². The lowest BCUT2D eigenvalue weighted by Crippen LogP contribution is -2.30. The molecule has 1 amide bonds. The third kappa shape index (κ3) is 4.28. The van der Waals surface area contributed by atoms with Crippen LogP contribution in [0.1, 0.15) is 37.8 Å². The summed E-state index contributed by atoms with van der Waals surface area (Å²) in [6, 6.07) is 13.2. The Kier molecular flexibility index (Phi) is 5.85. The quantitative estimate of drug-likeness (QED) is 0.848. The van der Waals surface area contributed by atoms with Gasteiger partial charge < -0.3 is 14.8 Å². The molecule has 0 aliphatic carbocycles. The van der Waals surface area contributed by atoms with E-state index in [1.165, 1.54) is 0 Å². The van der Waals surface area contributed by atoms with Crippen molar-refractivity contribution in [2.24, 2.45) is 0 Å². The van der Waals surface area contributed by atoms with Crippen molar-refractivity contribution in [2.75, 3.05) is 12.4 Å². The third-order valence-electron chi connectivity index (χ3n) is 3.92. The van der Waals surface area contributed by atoms with Crippen LogP contribution >= 0.6 is 0 Å². The van der Waals surface area contributed by atoms with Gasteiger partial charge >= 0.3 is 0 Å².